The Morgan fingerprint density at radius 1 is 1.24 bits per heavy atom. The largest absolute Gasteiger partial charge is 0.450 e. The molecule has 1 aromatic rings. The molecule has 1 heterocycles. The highest BCUT2D eigenvalue weighted by Gasteiger charge is 2.57. The lowest BCUT2D eigenvalue weighted by Gasteiger charge is -2.33. The van der Waals surface area contributed by atoms with Gasteiger partial charge in [-0.3, -0.25) is 9.59 Å². The molecule has 1 aliphatic carbocycles. The maximum Gasteiger partial charge on any atom is 0.322 e. The third-order valence-electron chi connectivity index (χ3n) is 5.03. The van der Waals surface area contributed by atoms with Crippen molar-refractivity contribution >= 4 is 33.2 Å². The fourth-order valence-corrected chi connectivity index (χ4v) is 4.56. The molecule has 0 aromatic heterocycles. The Balaban J connectivity index is 1.91. The molecule has 6 nitrogen and oxygen atoms in total. The molecule has 1 aliphatic heterocycles. The topological polar surface area (TPSA) is 86.7 Å². The van der Waals surface area contributed by atoms with Gasteiger partial charge in [-0.2, -0.15) is 0 Å². The second-order valence-corrected chi connectivity index (χ2v) is 9.03. The minimum absolute atomic E-state index is 0.0374. The number of esters is 1. The van der Waals surface area contributed by atoms with E-state index in [1.54, 1.807) is 7.11 Å². The van der Waals surface area contributed by atoms with Gasteiger partial charge in [0.05, 0.1) is 11.0 Å². The maximum absolute atomic E-state index is 13.0. The van der Waals surface area contributed by atoms with Gasteiger partial charge in [0.1, 0.15) is 5.92 Å². The van der Waals surface area contributed by atoms with E-state index in [0.717, 1.165) is 6.26 Å². The van der Waals surface area contributed by atoms with Crippen LogP contribution < -0.4 is 0 Å². The molecule has 2 fully saturated rings. The molecule has 1 unspecified atom stereocenters. The molecule has 25 heavy (non-hydrogen) atoms. The summed E-state index contributed by atoms with van der Waals surface area (Å²) in [5, 5.41) is 0.0702. The molecule has 1 saturated heterocycles. The normalized spacial score (nSPS) is 29.9. The SMILES string of the molecule is COC1CCC2(CC1)OC(=O)C(c1ccc(S(C)(=O)=O)cc1Cl)C2=O. The summed E-state index contributed by atoms with van der Waals surface area (Å²) in [5.41, 5.74) is -0.829. The second kappa shape index (κ2) is 6.37. The lowest BCUT2D eigenvalue weighted by atomic mass is 9.77. The van der Waals surface area contributed by atoms with Gasteiger partial charge in [0.25, 0.3) is 0 Å². The maximum atomic E-state index is 13.0. The van der Waals surface area contributed by atoms with Crippen molar-refractivity contribution in [2.75, 3.05) is 13.4 Å². The van der Waals surface area contributed by atoms with Crippen LogP contribution in [-0.2, 0) is 28.9 Å². The fourth-order valence-electron chi connectivity index (χ4n) is 3.55. The van der Waals surface area contributed by atoms with E-state index in [2.05, 4.69) is 0 Å². The van der Waals surface area contributed by atoms with E-state index in [9.17, 15) is 18.0 Å². The number of carbonyl (C=O) groups excluding carboxylic acids is 2. The number of carbonyl (C=O) groups is 2. The van der Waals surface area contributed by atoms with E-state index in [1.165, 1.54) is 18.2 Å². The van der Waals surface area contributed by atoms with Crippen LogP contribution in [0.5, 0.6) is 0 Å². The zero-order valence-electron chi connectivity index (χ0n) is 14.0. The number of halogens is 1. The highest BCUT2D eigenvalue weighted by molar-refractivity contribution is 7.90. The number of rotatable bonds is 3. The molecule has 0 bridgehead atoms. The molecule has 2 aliphatic rings. The van der Waals surface area contributed by atoms with Crippen LogP contribution in [0.3, 0.4) is 0 Å². The van der Waals surface area contributed by atoms with Gasteiger partial charge in [-0.05, 0) is 43.4 Å². The van der Waals surface area contributed by atoms with Crippen LogP contribution in [0.4, 0.5) is 0 Å². The average molecular weight is 387 g/mol. The summed E-state index contributed by atoms with van der Waals surface area (Å²) in [6.07, 6.45) is 3.26. The predicted molar refractivity (Wildman–Crippen MR) is 90.4 cm³/mol. The highest BCUT2D eigenvalue weighted by atomic mass is 35.5. The van der Waals surface area contributed by atoms with E-state index >= 15 is 0 Å². The Morgan fingerprint density at radius 2 is 1.88 bits per heavy atom. The van der Waals surface area contributed by atoms with Crippen LogP contribution >= 0.6 is 11.6 Å². The second-order valence-electron chi connectivity index (χ2n) is 6.60. The third-order valence-corrected chi connectivity index (χ3v) is 6.47. The van der Waals surface area contributed by atoms with Crippen molar-refractivity contribution in [3.8, 4) is 0 Å². The molecule has 0 radical (unpaired) electrons. The minimum atomic E-state index is -3.43. The van der Waals surface area contributed by atoms with Crippen LogP contribution in [-0.4, -0.2) is 45.2 Å². The lowest BCUT2D eigenvalue weighted by molar-refractivity contribution is -0.157. The Bertz CT molecular complexity index is 824. The Labute approximate surface area is 151 Å². The standard InChI is InChI=1S/C17H19ClO6S/c1-23-10-5-7-17(8-6-10)15(19)14(16(20)24-17)12-4-3-11(9-13(12)18)25(2,21)22/h3-4,9-10,14H,5-8H2,1-2H3. The third kappa shape index (κ3) is 3.20. The molecule has 0 amide bonds. The van der Waals surface area contributed by atoms with Crippen LogP contribution in [0, 0.1) is 0 Å². The number of methoxy groups -OCH3 is 1. The number of hydrogen-bond acceptors (Lipinski definition) is 6. The Kier molecular flexibility index (Phi) is 4.68. The smallest absolute Gasteiger partial charge is 0.322 e. The zero-order chi connectivity index (χ0) is 18.4. The highest BCUT2D eigenvalue weighted by Crippen LogP contribution is 2.45. The van der Waals surface area contributed by atoms with Gasteiger partial charge in [-0.15, -0.1) is 0 Å². The van der Waals surface area contributed by atoms with E-state index in [-0.39, 0.29) is 27.4 Å². The first kappa shape index (κ1) is 18.4. The van der Waals surface area contributed by atoms with Crippen LogP contribution in [0.2, 0.25) is 5.02 Å². The molecule has 0 N–H and O–H groups in total. The van der Waals surface area contributed by atoms with E-state index in [1.807, 2.05) is 0 Å². The molecule has 1 atom stereocenters. The summed E-state index contributed by atoms with van der Waals surface area (Å²) in [6, 6.07) is 4.03. The molecule has 136 valence electrons. The van der Waals surface area contributed by atoms with Gasteiger partial charge >= 0.3 is 5.97 Å². The van der Waals surface area contributed by atoms with Crippen molar-refractivity contribution in [1.29, 1.82) is 0 Å². The van der Waals surface area contributed by atoms with Crippen molar-refractivity contribution in [1.82, 2.24) is 0 Å². The van der Waals surface area contributed by atoms with Crippen LogP contribution in [0.15, 0.2) is 23.1 Å². The monoisotopic (exact) mass is 386 g/mol. The van der Waals surface area contributed by atoms with E-state index in [4.69, 9.17) is 21.1 Å². The van der Waals surface area contributed by atoms with Gasteiger partial charge < -0.3 is 9.47 Å². The van der Waals surface area contributed by atoms with E-state index in [0.29, 0.717) is 25.7 Å². The van der Waals surface area contributed by atoms with Crippen molar-refractivity contribution in [3.05, 3.63) is 28.8 Å². The molecule has 1 saturated carbocycles. The minimum Gasteiger partial charge on any atom is -0.450 e. The first-order valence-electron chi connectivity index (χ1n) is 7.97. The number of ketones is 1. The molecular formula is C17H19ClO6S. The van der Waals surface area contributed by atoms with Gasteiger partial charge in [0.15, 0.2) is 21.2 Å². The average Bonchev–Trinajstić information content (AvgIpc) is 2.78. The molecular weight excluding hydrogens is 368 g/mol. The quantitative estimate of drug-likeness (QED) is 0.585. The van der Waals surface area contributed by atoms with Crippen LogP contribution in [0.25, 0.3) is 0 Å². The van der Waals surface area contributed by atoms with Crippen molar-refractivity contribution < 1.29 is 27.5 Å². The summed E-state index contributed by atoms with van der Waals surface area (Å²) in [5.74, 6) is -2.05. The van der Waals surface area contributed by atoms with Crippen molar-refractivity contribution in [3.63, 3.8) is 0 Å². The van der Waals surface area contributed by atoms with Gasteiger partial charge in [-0.1, -0.05) is 17.7 Å². The van der Waals surface area contributed by atoms with Crippen molar-refractivity contribution in [2.45, 2.75) is 48.2 Å². The summed E-state index contributed by atoms with van der Waals surface area (Å²) in [7, 11) is -1.81. The molecule has 1 spiro atoms. The number of hydrogen-bond donors (Lipinski definition) is 0. The number of ether oxygens (including phenoxy) is 2. The molecule has 8 heteroatoms. The summed E-state index contributed by atoms with van der Waals surface area (Å²) in [6.45, 7) is 0. The first-order valence-corrected chi connectivity index (χ1v) is 10.2. The summed E-state index contributed by atoms with van der Waals surface area (Å²) >= 11 is 6.17. The Hall–Kier alpha value is -1.44. The van der Waals surface area contributed by atoms with Gasteiger partial charge in [0, 0.05) is 18.4 Å². The molecule has 3 rings (SSSR count). The Morgan fingerprint density at radius 3 is 2.40 bits per heavy atom. The number of sulfone groups is 1. The van der Waals surface area contributed by atoms with E-state index < -0.39 is 27.3 Å². The van der Waals surface area contributed by atoms with Gasteiger partial charge in [-0.25, -0.2) is 8.42 Å². The van der Waals surface area contributed by atoms with Crippen LogP contribution in [0.1, 0.15) is 37.2 Å². The lowest BCUT2D eigenvalue weighted by Crippen LogP contribution is -2.42. The summed E-state index contributed by atoms with van der Waals surface area (Å²) in [4.78, 5) is 25.4. The van der Waals surface area contributed by atoms with Gasteiger partial charge in [0.2, 0.25) is 0 Å². The predicted octanol–water partition coefficient (Wildman–Crippen LogP) is 2.28. The number of benzene rings is 1. The molecule has 1 aromatic carbocycles. The zero-order valence-corrected chi connectivity index (χ0v) is 15.5. The fraction of sp³-hybridized carbons (Fsp3) is 0.529. The summed E-state index contributed by atoms with van der Waals surface area (Å²) < 4.78 is 34.0. The first-order chi connectivity index (χ1) is 11.7. The number of Topliss-reactive ketones (excluding diaryl/α,β-unsaturated/α-hetero) is 1. The van der Waals surface area contributed by atoms with Crippen molar-refractivity contribution in [2.24, 2.45) is 0 Å².